The number of nitrogens with zero attached hydrogens (tertiary/aromatic N) is 3. The van der Waals surface area contributed by atoms with Crippen molar-refractivity contribution in [2.75, 3.05) is 31.2 Å². The molecule has 0 aliphatic carbocycles. The molecule has 1 saturated heterocycles. The maximum Gasteiger partial charge on any atom is 0.350 e. The molecule has 9 nitrogen and oxygen atoms in total. The molecule has 1 aliphatic heterocycles. The first-order chi connectivity index (χ1) is 18.2. The van der Waals surface area contributed by atoms with Gasteiger partial charge < -0.3 is 25.5 Å². The molecule has 0 unspecified atom stereocenters. The minimum absolute atomic E-state index is 0.0927. The number of hydrogen-bond donors (Lipinski definition) is 3. The number of anilines is 1. The number of aromatic nitrogens is 3. The maximum absolute atomic E-state index is 14.1. The molecule has 3 aromatic rings. The summed E-state index contributed by atoms with van der Waals surface area (Å²) in [7, 11) is 0. The number of aliphatic hydroxyl groups is 1. The molecule has 4 heterocycles. The molecule has 0 spiro atoms. The van der Waals surface area contributed by atoms with E-state index in [2.05, 4.69) is 19.9 Å². The second-order valence-electron chi connectivity index (χ2n) is 8.12. The van der Waals surface area contributed by atoms with Crippen molar-refractivity contribution in [3.63, 3.8) is 0 Å². The normalized spacial score (nSPS) is 12.7. The molecular formula is C25H32Cl2FN5O4S. The van der Waals surface area contributed by atoms with E-state index in [-0.39, 0.29) is 28.7 Å². The van der Waals surface area contributed by atoms with E-state index in [0.717, 1.165) is 37.5 Å². The molecule has 208 valence electrons. The van der Waals surface area contributed by atoms with Gasteiger partial charge in [-0.15, -0.1) is 0 Å². The average Bonchev–Trinajstić information content (AvgIpc) is 3.47. The molecule has 1 fully saturated rings. The number of carbonyl (C=O) groups excluding carboxylic acids is 2. The minimum Gasteiger partial charge on any atom is -0.462 e. The smallest absolute Gasteiger partial charge is 0.350 e. The van der Waals surface area contributed by atoms with Crippen molar-refractivity contribution in [1.29, 1.82) is 0 Å². The molecular weight excluding hydrogens is 556 g/mol. The fraction of sp³-hybridized carbons (Fsp3) is 0.440. The minimum atomic E-state index is -0.606. The molecule has 38 heavy (non-hydrogen) atoms. The van der Waals surface area contributed by atoms with E-state index in [1.54, 1.807) is 13.8 Å². The van der Waals surface area contributed by atoms with Crippen LogP contribution >= 0.6 is 34.5 Å². The van der Waals surface area contributed by atoms with Crippen molar-refractivity contribution in [2.45, 2.75) is 46.5 Å². The molecule has 0 radical (unpaired) electrons. The summed E-state index contributed by atoms with van der Waals surface area (Å²) in [6.45, 7) is 7.77. The predicted molar refractivity (Wildman–Crippen MR) is 149 cm³/mol. The number of hydrogen-bond acceptors (Lipinski definition) is 8. The quantitative estimate of drug-likeness (QED) is 0.318. The monoisotopic (exact) mass is 587 g/mol. The van der Waals surface area contributed by atoms with Gasteiger partial charge in [0, 0.05) is 31.6 Å². The predicted octanol–water partition coefficient (Wildman–Crippen LogP) is 5.63. The van der Waals surface area contributed by atoms with E-state index in [4.69, 9.17) is 38.8 Å². The number of nitrogens with one attached hydrogen (secondary N) is 1. The Balaban J connectivity index is 0.000000281. The number of piperidine rings is 1. The second kappa shape index (κ2) is 15.6. The number of H-pyrrole nitrogens is 1. The van der Waals surface area contributed by atoms with Crippen molar-refractivity contribution in [3.05, 3.63) is 50.5 Å². The number of thiazole rings is 1. The lowest BCUT2D eigenvalue weighted by Crippen LogP contribution is -2.29. The summed E-state index contributed by atoms with van der Waals surface area (Å²) >= 11 is 12.6. The highest BCUT2D eigenvalue weighted by Crippen LogP contribution is 2.35. The van der Waals surface area contributed by atoms with Gasteiger partial charge in [0.2, 0.25) is 0 Å². The summed E-state index contributed by atoms with van der Waals surface area (Å²) in [6.07, 6.45) is 5.77. The average molecular weight is 589 g/mol. The van der Waals surface area contributed by atoms with Crippen LogP contribution in [0.3, 0.4) is 0 Å². The lowest BCUT2D eigenvalue weighted by molar-refractivity contribution is 0.0532. The SMILES string of the molecule is CCCO.CCOC(=O)c1sc(N2CCCCC2)nc1-c1ncccc1F.Cc1[nH]c(C(N)=O)c(Cl)c1Cl. The Labute approximate surface area is 235 Å². The van der Waals surface area contributed by atoms with Gasteiger partial charge in [-0.05, 0) is 51.7 Å². The first kappa shape index (κ1) is 31.5. The van der Waals surface area contributed by atoms with Crippen LogP contribution < -0.4 is 10.6 Å². The third-order valence-corrected chi connectivity index (χ3v) is 7.25. The molecule has 13 heteroatoms. The van der Waals surface area contributed by atoms with Crippen LogP contribution in [0.15, 0.2) is 18.3 Å². The molecule has 0 aromatic carbocycles. The zero-order valence-electron chi connectivity index (χ0n) is 21.5. The van der Waals surface area contributed by atoms with Crippen molar-refractivity contribution in [3.8, 4) is 11.4 Å². The number of aliphatic hydroxyl groups excluding tert-OH is 1. The summed E-state index contributed by atoms with van der Waals surface area (Å²) in [5, 5.41) is 9.14. The van der Waals surface area contributed by atoms with Gasteiger partial charge in [0.25, 0.3) is 5.91 Å². The number of aromatic amines is 1. The third-order valence-electron chi connectivity index (χ3n) is 5.21. The highest BCUT2D eigenvalue weighted by Gasteiger charge is 2.26. The molecule has 4 rings (SSSR count). The van der Waals surface area contributed by atoms with Gasteiger partial charge >= 0.3 is 5.97 Å². The number of primary amides is 1. The summed E-state index contributed by atoms with van der Waals surface area (Å²) in [5.41, 5.74) is 6.15. The van der Waals surface area contributed by atoms with Crippen LogP contribution in [0.2, 0.25) is 10.0 Å². The fourth-order valence-corrected chi connectivity index (χ4v) is 4.76. The van der Waals surface area contributed by atoms with Crippen molar-refractivity contribution >= 4 is 51.5 Å². The van der Waals surface area contributed by atoms with Gasteiger partial charge in [0.05, 0.1) is 16.7 Å². The number of halogens is 3. The Morgan fingerprint density at radius 3 is 2.34 bits per heavy atom. The van der Waals surface area contributed by atoms with E-state index in [1.807, 2.05) is 6.92 Å². The number of ether oxygens (including phenoxy) is 1. The Morgan fingerprint density at radius 1 is 1.21 bits per heavy atom. The molecule has 3 aromatic heterocycles. The Morgan fingerprint density at radius 2 is 1.87 bits per heavy atom. The lowest BCUT2D eigenvalue weighted by Gasteiger charge is -2.25. The number of aryl methyl sites for hydroxylation is 1. The van der Waals surface area contributed by atoms with Crippen LogP contribution in [0.25, 0.3) is 11.4 Å². The zero-order chi connectivity index (χ0) is 28.2. The fourth-order valence-electron chi connectivity index (χ4n) is 3.33. The van der Waals surface area contributed by atoms with Gasteiger partial charge in [0.15, 0.2) is 10.9 Å². The van der Waals surface area contributed by atoms with Gasteiger partial charge in [0.1, 0.15) is 22.0 Å². The van der Waals surface area contributed by atoms with E-state index in [0.29, 0.717) is 22.2 Å². The lowest BCUT2D eigenvalue weighted by atomic mass is 10.1. The molecule has 1 amide bonds. The standard InChI is InChI=1S/C16H18FN3O2S.C6H6Cl2N2O.C3H8O/c1-2-22-15(21)14-13(12-11(17)7-6-8-18-12)19-16(23-14)20-9-4-3-5-10-20;1-2-3(7)4(8)5(10-2)6(9)11;1-2-3-4/h6-8H,2-5,9-10H2,1H3;10H,1H3,(H2,9,11);4H,2-3H2,1H3. The largest absolute Gasteiger partial charge is 0.462 e. The van der Waals surface area contributed by atoms with E-state index < -0.39 is 17.7 Å². The van der Waals surface area contributed by atoms with Crippen LogP contribution in [-0.4, -0.2) is 58.2 Å². The summed E-state index contributed by atoms with van der Waals surface area (Å²) in [5.74, 6) is -1.58. The van der Waals surface area contributed by atoms with Gasteiger partial charge in [-0.25, -0.2) is 14.2 Å². The van der Waals surface area contributed by atoms with Crippen LogP contribution in [0.5, 0.6) is 0 Å². The van der Waals surface area contributed by atoms with Crippen LogP contribution in [-0.2, 0) is 4.74 Å². The van der Waals surface area contributed by atoms with E-state index in [1.165, 1.54) is 36.1 Å². The Bertz CT molecular complexity index is 1210. The van der Waals surface area contributed by atoms with Crippen molar-refractivity contribution in [2.24, 2.45) is 5.73 Å². The van der Waals surface area contributed by atoms with Gasteiger partial charge in [-0.3, -0.25) is 9.78 Å². The summed E-state index contributed by atoms with van der Waals surface area (Å²) in [4.78, 5) is 36.5. The van der Waals surface area contributed by atoms with Crippen LogP contribution in [0.4, 0.5) is 9.52 Å². The van der Waals surface area contributed by atoms with E-state index in [9.17, 15) is 14.0 Å². The summed E-state index contributed by atoms with van der Waals surface area (Å²) in [6, 6.07) is 2.83. The van der Waals surface area contributed by atoms with E-state index >= 15 is 0 Å². The van der Waals surface area contributed by atoms with Crippen LogP contribution in [0.1, 0.15) is 65.4 Å². The van der Waals surface area contributed by atoms with Gasteiger partial charge in [-0.1, -0.05) is 41.5 Å². The highest BCUT2D eigenvalue weighted by atomic mass is 35.5. The first-order valence-electron chi connectivity index (χ1n) is 12.1. The third kappa shape index (κ3) is 8.39. The molecule has 4 N–H and O–H groups in total. The zero-order valence-corrected chi connectivity index (χ0v) is 23.9. The Kier molecular flexibility index (Phi) is 12.9. The number of rotatable bonds is 6. The van der Waals surface area contributed by atoms with Gasteiger partial charge in [-0.2, -0.15) is 0 Å². The molecule has 0 saturated carbocycles. The molecule has 1 aliphatic rings. The highest BCUT2D eigenvalue weighted by molar-refractivity contribution is 7.17. The van der Waals surface area contributed by atoms with Crippen molar-refractivity contribution in [1.82, 2.24) is 15.0 Å². The number of amides is 1. The van der Waals surface area contributed by atoms with Crippen LogP contribution in [0, 0.1) is 12.7 Å². The maximum atomic E-state index is 14.1. The summed E-state index contributed by atoms with van der Waals surface area (Å²) < 4.78 is 19.2. The Hall–Kier alpha value is -2.73. The molecule has 0 atom stereocenters. The number of pyridine rings is 1. The number of esters is 1. The van der Waals surface area contributed by atoms with Crippen molar-refractivity contribution < 1.29 is 23.8 Å². The second-order valence-corrected chi connectivity index (χ2v) is 9.85. The topological polar surface area (TPSA) is 134 Å². The number of nitrogens with two attached hydrogens (primary N) is 1. The number of carbonyl (C=O) groups is 2. The molecule has 0 bridgehead atoms. The first-order valence-corrected chi connectivity index (χ1v) is 13.7.